The number of carbonyl (C=O) groups is 1. The number of hydrogen-bond donors (Lipinski definition) is 2. The van der Waals surface area contributed by atoms with Crippen molar-refractivity contribution in [1.29, 1.82) is 0 Å². The van der Waals surface area contributed by atoms with Crippen molar-refractivity contribution in [2.45, 2.75) is 13.0 Å². The van der Waals surface area contributed by atoms with E-state index in [1.807, 2.05) is 0 Å². The molecule has 1 saturated heterocycles. The topological polar surface area (TPSA) is 58.4 Å². The van der Waals surface area contributed by atoms with Crippen LogP contribution in [0.25, 0.3) is 0 Å². The largest absolute Gasteiger partial charge is 0.358 e. The fourth-order valence-corrected chi connectivity index (χ4v) is 1.51. The number of likely N-dealkylation sites (tertiary alicyclic amines) is 1. The van der Waals surface area contributed by atoms with E-state index < -0.39 is 0 Å². The third kappa shape index (κ3) is 2.19. The van der Waals surface area contributed by atoms with E-state index in [-0.39, 0.29) is 11.9 Å². The average molecular weight is 171 g/mol. The molecule has 2 atom stereocenters. The fourth-order valence-electron chi connectivity index (χ4n) is 1.51. The summed E-state index contributed by atoms with van der Waals surface area (Å²) in [7, 11) is 1.65. The second-order valence-corrected chi connectivity index (χ2v) is 3.51. The Labute approximate surface area is 73.1 Å². The molecule has 0 aromatic heterocycles. The highest BCUT2D eigenvalue weighted by Gasteiger charge is 2.27. The molecule has 12 heavy (non-hydrogen) atoms. The number of amides is 1. The molecule has 70 valence electrons. The zero-order valence-electron chi connectivity index (χ0n) is 7.71. The second kappa shape index (κ2) is 3.87. The summed E-state index contributed by atoms with van der Waals surface area (Å²) in [5.41, 5.74) is 5.81. The minimum Gasteiger partial charge on any atom is -0.358 e. The molecule has 1 aliphatic heterocycles. The van der Waals surface area contributed by atoms with Crippen molar-refractivity contribution in [3.8, 4) is 0 Å². The van der Waals surface area contributed by atoms with Crippen LogP contribution >= 0.6 is 0 Å². The molecule has 0 aromatic rings. The number of carbonyl (C=O) groups excluding carboxylic acids is 1. The van der Waals surface area contributed by atoms with E-state index in [9.17, 15) is 4.79 Å². The van der Waals surface area contributed by atoms with Gasteiger partial charge in [-0.15, -0.1) is 0 Å². The Kier molecular flexibility index (Phi) is 3.05. The van der Waals surface area contributed by atoms with Crippen LogP contribution < -0.4 is 11.1 Å². The molecule has 0 saturated carbocycles. The first kappa shape index (κ1) is 9.48. The SMILES string of the molecule is CNC(=O)CN1CC(C)C(N)C1. The Morgan fingerprint density at radius 1 is 1.67 bits per heavy atom. The highest BCUT2D eigenvalue weighted by Crippen LogP contribution is 2.13. The van der Waals surface area contributed by atoms with Crippen LogP contribution in [0.2, 0.25) is 0 Å². The summed E-state index contributed by atoms with van der Waals surface area (Å²) in [4.78, 5) is 13.1. The van der Waals surface area contributed by atoms with Crippen LogP contribution in [-0.4, -0.2) is 43.5 Å². The van der Waals surface area contributed by atoms with E-state index in [1.54, 1.807) is 7.05 Å². The van der Waals surface area contributed by atoms with Gasteiger partial charge in [0.1, 0.15) is 0 Å². The van der Waals surface area contributed by atoms with Gasteiger partial charge in [-0.25, -0.2) is 0 Å². The van der Waals surface area contributed by atoms with Gasteiger partial charge >= 0.3 is 0 Å². The second-order valence-electron chi connectivity index (χ2n) is 3.51. The summed E-state index contributed by atoms with van der Waals surface area (Å²) in [6.45, 7) is 4.38. The Morgan fingerprint density at radius 3 is 2.75 bits per heavy atom. The number of nitrogens with zero attached hydrogens (tertiary/aromatic N) is 1. The maximum Gasteiger partial charge on any atom is 0.233 e. The lowest BCUT2D eigenvalue weighted by molar-refractivity contribution is -0.121. The van der Waals surface area contributed by atoms with Crippen molar-refractivity contribution in [3.63, 3.8) is 0 Å². The Morgan fingerprint density at radius 2 is 2.33 bits per heavy atom. The molecule has 4 heteroatoms. The molecule has 0 radical (unpaired) electrons. The Bertz CT molecular complexity index is 162. The van der Waals surface area contributed by atoms with Gasteiger partial charge in [-0.05, 0) is 5.92 Å². The first-order chi connectivity index (χ1) is 5.63. The zero-order chi connectivity index (χ0) is 9.14. The summed E-state index contributed by atoms with van der Waals surface area (Å²) in [5.74, 6) is 0.575. The molecular weight excluding hydrogens is 154 g/mol. The summed E-state index contributed by atoms with van der Waals surface area (Å²) in [6.07, 6.45) is 0. The van der Waals surface area contributed by atoms with Gasteiger partial charge in [0.2, 0.25) is 5.91 Å². The first-order valence-corrected chi connectivity index (χ1v) is 4.32. The molecule has 1 heterocycles. The van der Waals surface area contributed by atoms with Crippen LogP contribution in [0.1, 0.15) is 6.92 Å². The lowest BCUT2D eigenvalue weighted by Gasteiger charge is -2.12. The summed E-state index contributed by atoms with van der Waals surface area (Å²) in [6, 6.07) is 0.231. The van der Waals surface area contributed by atoms with Gasteiger partial charge in [-0.2, -0.15) is 0 Å². The Hall–Kier alpha value is -0.610. The standard InChI is InChI=1S/C8H17N3O/c1-6-3-11(4-7(6)9)5-8(12)10-2/h6-7H,3-5,9H2,1-2H3,(H,10,12). The molecule has 0 spiro atoms. The lowest BCUT2D eigenvalue weighted by atomic mass is 10.1. The van der Waals surface area contributed by atoms with Gasteiger partial charge in [0.15, 0.2) is 0 Å². The summed E-state index contributed by atoms with van der Waals surface area (Å²) >= 11 is 0. The van der Waals surface area contributed by atoms with Crippen molar-refractivity contribution in [1.82, 2.24) is 10.2 Å². The van der Waals surface area contributed by atoms with Crippen molar-refractivity contribution < 1.29 is 4.79 Å². The predicted octanol–water partition coefficient (Wildman–Crippen LogP) is -0.989. The van der Waals surface area contributed by atoms with Gasteiger partial charge in [-0.3, -0.25) is 9.69 Å². The van der Waals surface area contributed by atoms with Crippen LogP contribution in [0.15, 0.2) is 0 Å². The van der Waals surface area contributed by atoms with Crippen LogP contribution in [0.5, 0.6) is 0 Å². The number of rotatable bonds is 2. The van der Waals surface area contributed by atoms with E-state index in [0.29, 0.717) is 12.5 Å². The highest BCUT2D eigenvalue weighted by atomic mass is 16.1. The monoisotopic (exact) mass is 171 g/mol. The number of nitrogens with two attached hydrogens (primary N) is 1. The predicted molar refractivity (Wildman–Crippen MR) is 47.6 cm³/mol. The van der Waals surface area contributed by atoms with Gasteiger partial charge in [0, 0.05) is 26.2 Å². The quantitative estimate of drug-likeness (QED) is 0.561. The smallest absolute Gasteiger partial charge is 0.233 e. The molecule has 0 bridgehead atoms. The molecule has 2 unspecified atom stereocenters. The van der Waals surface area contributed by atoms with Gasteiger partial charge in [-0.1, -0.05) is 6.92 Å². The minimum atomic E-state index is 0.0660. The number of nitrogens with one attached hydrogen (secondary N) is 1. The molecule has 1 amide bonds. The maximum atomic E-state index is 11.0. The van der Waals surface area contributed by atoms with Crippen LogP contribution in [0.4, 0.5) is 0 Å². The third-order valence-corrected chi connectivity index (χ3v) is 2.39. The zero-order valence-corrected chi connectivity index (χ0v) is 7.71. The van der Waals surface area contributed by atoms with E-state index in [2.05, 4.69) is 17.1 Å². The van der Waals surface area contributed by atoms with Crippen LogP contribution in [-0.2, 0) is 4.79 Å². The molecule has 1 fully saturated rings. The summed E-state index contributed by atoms with van der Waals surface area (Å²) in [5, 5.41) is 2.60. The average Bonchev–Trinajstić information content (AvgIpc) is 2.31. The normalized spacial score (nSPS) is 30.6. The number of likely N-dealkylation sites (N-methyl/N-ethyl adjacent to an activating group) is 1. The van der Waals surface area contributed by atoms with Crippen molar-refractivity contribution in [2.24, 2.45) is 11.7 Å². The van der Waals surface area contributed by atoms with Gasteiger partial charge in [0.25, 0.3) is 0 Å². The third-order valence-electron chi connectivity index (χ3n) is 2.39. The lowest BCUT2D eigenvalue weighted by Crippen LogP contribution is -2.35. The molecule has 0 aromatic carbocycles. The van der Waals surface area contributed by atoms with E-state index in [0.717, 1.165) is 13.1 Å². The molecule has 3 N–H and O–H groups in total. The summed E-state index contributed by atoms with van der Waals surface area (Å²) < 4.78 is 0. The van der Waals surface area contributed by atoms with E-state index in [4.69, 9.17) is 5.73 Å². The highest BCUT2D eigenvalue weighted by molar-refractivity contribution is 5.77. The molecule has 1 aliphatic rings. The van der Waals surface area contributed by atoms with Crippen molar-refractivity contribution in [3.05, 3.63) is 0 Å². The Balaban J connectivity index is 2.32. The van der Waals surface area contributed by atoms with Crippen LogP contribution in [0.3, 0.4) is 0 Å². The van der Waals surface area contributed by atoms with E-state index in [1.165, 1.54) is 0 Å². The fraction of sp³-hybridized carbons (Fsp3) is 0.875. The molecule has 1 rings (SSSR count). The van der Waals surface area contributed by atoms with Crippen LogP contribution in [0, 0.1) is 5.92 Å². The minimum absolute atomic E-state index is 0.0660. The van der Waals surface area contributed by atoms with Gasteiger partial charge < -0.3 is 11.1 Å². The number of hydrogen-bond acceptors (Lipinski definition) is 3. The molecular formula is C8H17N3O. The van der Waals surface area contributed by atoms with E-state index >= 15 is 0 Å². The first-order valence-electron chi connectivity index (χ1n) is 4.32. The maximum absolute atomic E-state index is 11.0. The molecule has 4 nitrogen and oxygen atoms in total. The van der Waals surface area contributed by atoms with Crippen molar-refractivity contribution >= 4 is 5.91 Å². The molecule has 0 aliphatic carbocycles. The van der Waals surface area contributed by atoms with Crippen molar-refractivity contribution in [2.75, 3.05) is 26.7 Å². The van der Waals surface area contributed by atoms with Gasteiger partial charge in [0.05, 0.1) is 6.54 Å².